The van der Waals surface area contributed by atoms with Gasteiger partial charge >= 0.3 is 0 Å². The Kier molecular flexibility index (Phi) is 3.59. The molecule has 6 heteroatoms. The first-order valence-electron chi connectivity index (χ1n) is 8.00. The van der Waals surface area contributed by atoms with Crippen molar-refractivity contribution in [1.29, 1.82) is 5.26 Å². The number of benzene rings is 2. The molecule has 1 aromatic heterocycles. The minimum absolute atomic E-state index is 0.0453. The third-order valence-electron chi connectivity index (χ3n) is 4.34. The van der Waals surface area contributed by atoms with Gasteiger partial charge in [0.25, 0.3) is 0 Å². The van der Waals surface area contributed by atoms with E-state index in [-0.39, 0.29) is 11.6 Å². The van der Waals surface area contributed by atoms with E-state index in [1.807, 2.05) is 38.1 Å². The minimum atomic E-state index is -0.332. The zero-order valence-electron chi connectivity index (χ0n) is 13.8. The van der Waals surface area contributed by atoms with Gasteiger partial charge in [-0.2, -0.15) is 5.26 Å². The highest BCUT2D eigenvalue weighted by atomic mass is 35.5. The van der Waals surface area contributed by atoms with Gasteiger partial charge in [0.1, 0.15) is 11.4 Å². The van der Waals surface area contributed by atoms with Crippen molar-refractivity contribution in [2.24, 2.45) is 0 Å². The van der Waals surface area contributed by atoms with Crippen LogP contribution in [0.3, 0.4) is 0 Å². The number of fused-ring (bicyclic) bond motifs is 2. The fourth-order valence-corrected chi connectivity index (χ4v) is 3.40. The van der Waals surface area contributed by atoms with Crippen molar-refractivity contribution < 1.29 is 9.26 Å². The molecule has 1 atom stereocenters. The van der Waals surface area contributed by atoms with E-state index in [4.69, 9.17) is 20.9 Å². The van der Waals surface area contributed by atoms with E-state index in [1.165, 1.54) is 0 Å². The zero-order chi connectivity index (χ0) is 17.6. The second kappa shape index (κ2) is 5.68. The van der Waals surface area contributed by atoms with Crippen LogP contribution in [0.4, 0.5) is 5.82 Å². The fourth-order valence-electron chi connectivity index (χ4n) is 3.23. The van der Waals surface area contributed by atoms with Crippen LogP contribution in [0.2, 0.25) is 5.02 Å². The Bertz CT molecular complexity index is 1000. The molecule has 0 unspecified atom stereocenters. The number of hydrogen-bond acceptors (Lipinski definition) is 5. The molecule has 1 N–H and O–H groups in total. The number of anilines is 1. The summed E-state index contributed by atoms with van der Waals surface area (Å²) >= 11 is 6.00. The summed E-state index contributed by atoms with van der Waals surface area (Å²) < 4.78 is 11.4. The second-order valence-electron chi connectivity index (χ2n) is 6.80. The Morgan fingerprint density at radius 3 is 2.92 bits per heavy atom. The van der Waals surface area contributed by atoms with Crippen molar-refractivity contribution in [2.75, 3.05) is 5.32 Å². The molecule has 2 heterocycles. The number of halogens is 1. The molecule has 0 radical (unpaired) electrons. The largest absolute Gasteiger partial charge is 0.487 e. The molecule has 0 amide bonds. The van der Waals surface area contributed by atoms with Gasteiger partial charge in [-0.15, -0.1) is 0 Å². The van der Waals surface area contributed by atoms with Gasteiger partial charge in [-0.3, -0.25) is 0 Å². The minimum Gasteiger partial charge on any atom is -0.487 e. The maximum absolute atomic E-state index is 9.20. The highest BCUT2D eigenvalue weighted by molar-refractivity contribution is 6.31. The van der Waals surface area contributed by atoms with Gasteiger partial charge in [0, 0.05) is 23.1 Å². The third-order valence-corrected chi connectivity index (χ3v) is 4.58. The predicted molar refractivity (Wildman–Crippen MR) is 95.9 cm³/mol. The molecule has 5 nitrogen and oxygen atoms in total. The van der Waals surface area contributed by atoms with E-state index >= 15 is 0 Å². The Hall–Kier alpha value is -2.71. The summed E-state index contributed by atoms with van der Waals surface area (Å²) in [6.45, 7) is 4.09. The molecule has 0 saturated heterocycles. The molecule has 1 aliphatic heterocycles. The van der Waals surface area contributed by atoms with Crippen molar-refractivity contribution in [3.63, 3.8) is 0 Å². The second-order valence-corrected chi connectivity index (χ2v) is 7.24. The summed E-state index contributed by atoms with van der Waals surface area (Å²) in [4.78, 5) is 0. The fraction of sp³-hybridized carbons (Fsp3) is 0.263. The Morgan fingerprint density at radius 2 is 2.12 bits per heavy atom. The number of aromatic nitrogens is 1. The summed E-state index contributed by atoms with van der Waals surface area (Å²) in [5, 5.41) is 18.3. The van der Waals surface area contributed by atoms with E-state index in [9.17, 15) is 5.26 Å². The number of nitriles is 1. The van der Waals surface area contributed by atoms with Crippen molar-refractivity contribution in [1.82, 2.24) is 5.16 Å². The van der Waals surface area contributed by atoms with E-state index < -0.39 is 0 Å². The van der Waals surface area contributed by atoms with Crippen molar-refractivity contribution in [3.8, 4) is 11.8 Å². The maximum Gasteiger partial charge on any atom is 0.177 e. The Morgan fingerprint density at radius 1 is 1.28 bits per heavy atom. The lowest BCUT2D eigenvalue weighted by atomic mass is 9.89. The number of nitrogens with one attached hydrogen (secondary N) is 1. The first kappa shape index (κ1) is 15.8. The zero-order valence-corrected chi connectivity index (χ0v) is 14.6. The topological polar surface area (TPSA) is 71.1 Å². The van der Waals surface area contributed by atoms with E-state index in [2.05, 4.69) is 16.5 Å². The Balaban J connectivity index is 1.75. The average Bonchev–Trinajstić information content (AvgIpc) is 2.95. The normalized spacial score (nSPS) is 18.2. The van der Waals surface area contributed by atoms with Crippen LogP contribution >= 0.6 is 11.6 Å². The van der Waals surface area contributed by atoms with Crippen molar-refractivity contribution >= 4 is 28.4 Å². The first-order chi connectivity index (χ1) is 11.9. The van der Waals surface area contributed by atoms with Crippen LogP contribution in [0.5, 0.6) is 5.75 Å². The number of nitrogens with zero attached hydrogens (tertiary/aromatic N) is 2. The monoisotopic (exact) mass is 353 g/mol. The van der Waals surface area contributed by atoms with Crippen LogP contribution in [0, 0.1) is 11.3 Å². The number of rotatable bonds is 2. The van der Waals surface area contributed by atoms with E-state index in [1.54, 1.807) is 12.1 Å². The SMILES string of the molecule is CC1(C)C[C@H](Nc2noc3cc(Cl)ccc23)c2cc(C#N)ccc2O1. The van der Waals surface area contributed by atoms with Gasteiger partial charge in [-0.25, -0.2) is 0 Å². The van der Waals surface area contributed by atoms with Crippen molar-refractivity contribution in [3.05, 3.63) is 52.5 Å². The first-order valence-corrected chi connectivity index (χ1v) is 8.37. The molecular formula is C19H16ClN3O2. The van der Waals surface area contributed by atoms with Crippen molar-refractivity contribution in [2.45, 2.75) is 31.9 Å². The number of ether oxygens (including phenoxy) is 1. The van der Waals surface area contributed by atoms with Crippen LogP contribution in [-0.2, 0) is 0 Å². The van der Waals surface area contributed by atoms with Crippen LogP contribution in [0.25, 0.3) is 11.0 Å². The molecule has 4 rings (SSSR count). The quantitative estimate of drug-likeness (QED) is 0.696. The molecule has 25 heavy (non-hydrogen) atoms. The molecule has 0 spiro atoms. The number of hydrogen-bond donors (Lipinski definition) is 1. The van der Waals surface area contributed by atoms with Gasteiger partial charge in [0.05, 0.1) is 23.1 Å². The molecule has 2 aromatic carbocycles. The third kappa shape index (κ3) is 2.90. The van der Waals surface area contributed by atoms with Crippen LogP contribution in [-0.4, -0.2) is 10.8 Å². The molecule has 3 aromatic rings. The smallest absolute Gasteiger partial charge is 0.177 e. The van der Waals surface area contributed by atoms with Gasteiger partial charge < -0.3 is 14.6 Å². The molecule has 0 saturated carbocycles. The molecule has 126 valence electrons. The van der Waals surface area contributed by atoms with Crippen LogP contribution in [0.1, 0.15) is 37.4 Å². The summed E-state index contributed by atoms with van der Waals surface area (Å²) in [5.41, 5.74) is 1.85. The lowest BCUT2D eigenvalue weighted by Gasteiger charge is -2.38. The molecular weight excluding hydrogens is 338 g/mol. The maximum atomic E-state index is 9.20. The lowest BCUT2D eigenvalue weighted by molar-refractivity contribution is 0.0758. The van der Waals surface area contributed by atoms with Gasteiger partial charge in [-0.1, -0.05) is 16.8 Å². The van der Waals surface area contributed by atoms with Gasteiger partial charge in [0.15, 0.2) is 11.4 Å². The average molecular weight is 354 g/mol. The van der Waals surface area contributed by atoms with Crippen LogP contribution in [0.15, 0.2) is 40.9 Å². The standard InChI is InChI=1S/C19H16ClN3O2/c1-19(2)9-15(14-7-11(10-21)3-6-16(14)24-19)22-18-13-5-4-12(20)8-17(13)25-23-18/h3-8,15H,9H2,1-2H3,(H,22,23)/t15-/m0/s1. The Labute approximate surface area is 150 Å². The van der Waals surface area contributed by atoms with Crippen LogP contribution < -0.4 is 10.1 Å². The highest BCUT2D eigenvalue weighted by Gasteiger charge is 2.34. The molecule has 0 aliphatic carbocycles. The van der Waals surface area contributed by atoms with E-state index in [0.717, 1.165) is 23.1 Å². The predicted octanol–water partition coefficient (Wildman–Crippen LogP) is 5.07. The lowest BCUT2D eigenvalue weighted by Crippen LogP contribution is -2.37. The molecule has 1 aliphatic rings. The summed E-state index contributed by atoms with van der Waals surface area (Å²) in [6.07, 6.45) is 0.733. The summed E-state index contributed by atoms with van der Waals surface area (Å²) in [6, 6.07) is 13.0. The van der Waals surface area contributed by atoms with Gasteiger partial charge in [0.2, 0.25) is 0 Å². The van der Waals surface area contributed by atoms with E-state index in [0.29, 0.717) is 22.0 Å². The summed E-state index contributed by atoms with van der Waals surface area (Å²) in [5.74, 6) is 1.44. The van der Waals surface area contributed by atoms with Gasteiger partial charge in [-0.05, 0) is 44.2 Å². The highest BCUT2D eigenvalue weighted by Crippen LogP contribution is 2.42. The molecule has 0 fully saturated rings. The molecule has 0 bridgehead atoms. The summed E-state index contributed by atoms with van der Waals surface area (Å²) in [7, 11) is 0.